The minimum absolute atomic E-state index is 0.245. The van der Waals surface area contributed by atoms with Crippen molar-refractivity contribution in [1.29, 1.82) is 5.26 Å². The van der Waals surface area contributed by atoms with Gasteiger partial charge < -0.3 is 15.2 Å². The second kappa shape index (κ2) is 6.62. The van der Waals surface area contributed by atoms with Crippen LogP contribution in [0.15, 0.2) is 53.2 Å². The summed E-state index contributed by atoms with van der Waals surface area (Å²) in [6.45, 7) is 1.74. The first-order valence-electron chi connectivity index (χ1n) is 7.12. The van der Waals surface area contributed by atoms with Gasteiger partial charge in [0.15, 0.2) is 5.82 Å². The lowest BCUT2D eigenvalue weighted by Gasteiger charge is -2.07. The number of hydrogen-bond acceptors (Lipinski definition) is 6. The quantitative estimate of drug-likeness (QED) is 0.765. The van der Waals surface area contributed by atoms with Gasteiger partial charge in [-0.3, -0.25) is 9.78 Å². The molecule has 0 unspecified atom stereocenters. The number of carbonyl (C=O) groups excluding carboxylic acids is 1. The fourth-order valence-electron chi connectivity index (χ4n) is 2.03. The lowest BCUT2D eigenvalue weighted by molar-refractivity contribution is 0.102. The molecule has 1 amide bonds. The van der Waals surface area contributed by atoms with E-state index in [1.54, 1.807) is 49.4 Å². The van der Waals surface area contributed by atoms with Crippen LogP contribution in [0.4, 0.5) is 17.2 Å². The fraction of sp³-hybridized carbons (Fsp3) is 0.0588. The molecule has 2 heterocycles. The van der Waals surface area contributed by atoms with E-state index >= 15 is 0 Å². The van der Waals surface area contributed by atoms with Crippen molar-refractivity contribution in [3.05, 3.63) is 65.7 Å². The number of pyridine rings is 1. The molecule has 0 atom stereocenters. The van der Waals surface area contributed by atoms with Crippen LogP contribution in [0.3, 0.4) is 0 Å². The third kappa shape index (κ3) is 3.56. The molecule has 2 N–H and O–H groups in total. The van der Waals surface area contributed by atoms with Crippen molar-refractivity contribution in [2.24, 2.45) is 0 Å². The van der Waals surface area contributed by atoms with E-state index in [4.69, 9.17) is 9.78 Å². The van der Waals surface area contributed by atoms with Gasteiger partial charge in [-0.1, -0.05) is 5.16 Å². The van der Waals surface area contributed by atoms with Gasteiger partial charge in [0.1, 0.15) is 11.5 Å². The van der Waals surface area contributed by atoms with Gasteiger partial charge in [0.25, 0.3) is 5.91 Å². The number of rotatable bonds is 4. The van der Waals surface area contributed by atoms with E-state index in [2.05, 4.69) is 26.8 Å². The number of benzene rings is 1. The molecule has 0 saturated heterocycles. The van der Waals surface area contributed by atoms with Crippen molar-refractivity contribution in [3.8, 4) is 6.07 Å². The van der Waals surface area contributed by atoms with Crippen LogP contribution in [-0.2, 0) is 0 Å². The van der Waals surface area contributed by atoms with Crippen molar-refractivity contribution >= 4 is 23.1 Å². The van der Waals surface area contributed by atoms with Gasteiger partial charge >= 0.3 is 0 Å². The van der Waals surface area contributed by atoms with Crippen LogP contribution in [0.25, 0.3) is 0 Å². The Morgan fingerprint density at radius 2 is 1.96 bits per heavy atom. The number of amides is 1. The van der Waals surface area contributed by atoms with Gasteiger partial charge in [0.05, 0.1) is 11.6 Å². The highest BCUT2D eigenvalue weighted by molar-refractivity contribution is 6.02. The van der Waals surface area contributed by atoms with Crippen LogP contribution in [-0.4, -0.2) is 16.0 Å². The Morgan fingerprint density at radius 1 is 1.17 bits per heavy atom. The van der Waals surface area contributed by atoms with Gasteiger partial charge in [-0.25, -0.2) is 0 Å². The molecule has 3 aromatic rings. The molecule has 0 bridgehead atoms. The van der Waals surface area contributed by atoms with Crippen LogP contribution in [0.1, 0.15) is 21.8 Å². The molecule has 0 aliphatic carbocycles. The van der Waals surface area contributed by atoms with Crippen LogP contribution in [0.5, 0.6) is 0 Å². The molecule has 7 nitrogen and oxygen atoms in total. The van der Waals surface area contributed by atoms with E-state index in [1.807, 2.05) is 0 Å². The maximum Gasteiger partial charge on any atom is 0.275 e. The molecule has 0 radical (unpaired) electrons. The van der Waals surface area contributed by atoms with Gasteiger partial charge in [-0.2, -0.15) is 5.26 Å². The van der Waals surface area contributed by atoms with E-state index in [0.29, 0.717) is 22.8 Å². The molecule has 3 rings (SSSR count). The van der Waals surface area contributed by atoms with E-state index in [1.165, 1.54) is 6.20 Å². The van der Waals surface area contributed by atoms with E-state index in [-0.39, 0.29) is 11.6 Å². The van der Waals surface area contributed by atoms with Gasteiger partial charge in [-0.05, 0) is 43.3 Å². The molecule has 0 aliphatic heterocycles. The Morgan fingerprint density at radius 3 is 2.62 bits per heavy atom. The highest BCUT2D eigenvalue weighted by Gasteiger charge is 2.11. The molecule has 7 heteroatoms. The first kappa shape index (κ1) is 15.2. The molecule has 118 valence electrons. The summed E-state index contributed by atoms with van der Waals surface area (Å²) in [5.74, 6) is 0.561. The summed E-state index contributed by atoms with van der Waals surface area (Å²) in [7, 11) is 0. The van der Waals surface area contributed by atoms with Crippen molar-refractivity contribution in [1.82, 2.24) is 10.1 Å². The number of anilines is 3. The van der Waals surface area contributed by atoms with Crippen molar-refractivity contribution < 1.29 is 9.32 Å². The minimum atomic E-state index is -0.383. The second-order valence-electron chi connectivity index (χ2n) is 5.02. The highest BCUT2D eigenvalue weighted by atomic mass is 16.5. The number of hydrogen-bond donors (Lipinski definition) is 2. The largest absolute Gasteiger partial charge is 0.360 e. The van der Waals surface area contributed by atoms with Crippen LogP contribution < -0.4 is 10.6 Å². The van der Waals surface area contributed by atoms with Crippen LogP contribution in [0.2, 0.25) is 0 Å². The van der Waals surface area contributed by atoms with Crippen LogP contribution in [0, 0.1) is 18.3 Å². The third-order valence-corrected chi connectivity index (χ3v) is 3.16. The summed E-state index contributed by atoms with van der Waals surface area (Å²) in [4.78, 5) is 16.3. The Balaban J connectivity index is 1.73. The lowest BCUT2D eigenvalue weighted by Crippen LogP contribution is -2.14. The number of nitrogens with zero attached hydrogens (tertiary/aromatic N) is 3. The topological polar surface area (TPSA) is 104 Å². The standard InChI is InChI=1S/C17H13N5O2/c1-11-8-16(22-24-11)21-17(23)15-9-14(6-7-19-15)20-13-4-2-12(10-18)3-5-13/h2-9H,1H3,(H,19,20)(H,21,22,23). The third-order valence-electron chi connectivity index (χ3n) is 3.16. The van der Waals surface area contributed by atoms with Crippen molar-refractivity contribution in [3.63, 3.8) is 0 Å². The van der Waals surface area contributed by atoms with Crippen molar-refractivity contribution in [2.45, 2.75) is 6.92 Å². The SMILES string of the molecule is Cc1cc(NC(=O)c2cc(Nc3ccc(C#N)cc3)ccn2)no1. The fourth-order valence-corrected chi connectivity index (χ4v) is 2.03. The number of aryl methyl sites for hydroxylation is 1. The minimum Gasteiger partial charge on any atom is -0.360 e. The highest BCUT2D eigenvalue weighted by Crippen LogP contribution is 2.18. The second-order valence-corrected chi connectivity index (χ2v) is 5.02. The van der Waals surface area contributed by atoms with Gasteiger partial charge in [0, 0.05) is 23.6 Å². The average Bonchev–Trinajstić information content (AvgIpc) is 3.00. The molecular formula is C17H13N5O2. The summed E-state index contributed by atoms with van der Waals surface area (Å²) in [5, 5.41) is 18.3. The lowest BCUT2D eigenvalue weighted by atomic mass is 10.2. The molecule has 0 aliphatic rings. The molecule has 1 aromatic carbocycles. The van der Waals surface area contributed by atoms with Gasteiger partial charge in [-0.15, -0.1) is 0 Å². The smallest absolute Gasteiger partial charge is 0.275 e. The number of aromatic nitrogens is 2. The normalized spacial score (nSPS) is 10.0. The molecule has 24 heavy (non-hydrogen) atoms. The summed E-state index contributed by atoms with van der Waals surface area (Å²) >= 11 is 0. The zero-order valence-corrected chi connectivity index (χ0v) is 12.8. The average molecular weight is 319 g/mol. The summed E-state index contributed by atoms with van der Waals surface area (Å²) in [5.41, 5.74) is 2.34. The van der Waals surface area contributed by atoms with Crippen molar-refractivity contribution in [2.75, 3.05) is 10.6 Å². The molecule has 0 spiro atoms. The summed E-state index contributed by atoms with van der Waals surface area (Å²) in [6, 6.07) is 14.1. The maximum absolute atomic E-state index is 12.2. The van der Waals surface area contributed by atoms with Crippen LogP contribution >= 0.6 is 0 Å². The van der Waals surface area contributed by atoms with E-state index in [9.17, 15) is 4.79 Å². The Labute approximate surface area is 137 Å². The predicted octanol–water partition coefficient (Wildman–Crippen LogP) is 3.25. The predicted molar refractivity (Wildman–Crippen MR) is 87.9 cm³/mol. The van der Waals surface area contributed by atoms with E-state index < -0.39 is 0 Å². The Hall–Kier alpha value is -3.66. The first-order valence-corrected chi connectivity index (χ1v) is 7.12. The zero-order valence-electron chi connectivity index (χ0n) is 12.8. The van der Waals surface area contributed by atoms with E-state index in [0.717, 1.165) is 5.69 Å². The van der Waals surface area contributed by atoms with Gasteiger partial charge in [0.2, 0.25) is 0 Å². The molecule has 2 aromatic heterocycles. The number of nitriles is 1. The summed E-state index contributed by atoms with van der Waals surface area (Å²) in [6.07, 6.45) is 1.54. The molecule has 0 saturated carbocycles. The molecule has 0 fully saturated rings. The summed E-state index contributed by atoms with van der Waals surface area (Å²) < 4.78 is 4.90. The molecular weight excluding hydrogens is 306 g/mol. The maximum atomic E-state index is 12.2. The number of nitrogens with one attached hydrogen (secondary N) is 2. The Kier molecular flexibility index (Phi) is 4.21. The monoisotopic (exact) mass is 319 g/mol. The zero-order chi connectivity index (χ0) is 16.9. The Bertz CT molecular complexity index is 909. The first-order chi connectivity index (χ1) is 11.6. The number of carbonyl (C=O) groups is 1.